The van der Waals surface area contributed by atoms with Crippen molar-refractivity contribution in [1.82, 2.24) is 0 Å². The van der Waals surface area contributed by atoms with E-state index in [2.05, 4.69) is 74.4 Å². The molecule has 2 unspecified atom stereocenters. The van der Waals surface area contributed by atoms with E-state index in [0.29, 0.717) is 11.8 Å². The van der Waals surface area contributed by atoms with Gasteiger partial charge in [-0.05, 0) is 6.42 Å². The molecule has 0 spiro atoms. The van der Waals surface area contributed by atoms with E-state index in [1.807, 2.05) is 0 Å². The second-order valence-corrected chi connectivity index (χ2v) is 17.2. The quantitative estimate of drug-likeness (QED) is 0.354. The van der Waals surface area contributed by atoms with Crippen molar-refractivity contribution in [1.29, 1.82) is 0 Å². The molecule has 0 saturated carbocycles. The summed E-state index contributed by atoms with van der Waals surface area (Å²) in [6, 6.07) is 0. The van der Waals surface area contributed by atoms with Gasteiger partial charge in [0.2, 0.25) is 0 Å². The van der Waals surface area contributed by atoms with Gasteiger partial charge in [-0.15, -0.1) is 11.1 Å². The molecule has 2 aliphatic carbocycles. The highest BCUT2D eigenvalue weighted by molar-refractivity contribution is 6.84. The molecule has 0 aromatic rings. The molecule has 2 aliphatic rings. The third kappa shape index (κ3) is 3.75. The Morgan fingerprint density at radius 2 is 1.16 bits per heavy atom. The third-order valence-corrected chi connectivity index (χ3v) is 5.01. The van der Waals surface area contributed by atoms with Crippen molar-refractivity contribution in [2.75, 3.05) is 0 Å². The first-order valence-electron chi connectivity index (χ1n) is 7.14. The number of hydrogen-bond acceptors (Lipinski definition) is 0. The fourth-order valence-corrected chi connectivity index (χ4v) is 3.38. The highest BCUT2D eigenvalue weighted by atomic mass is 28.3. The maximum atomic E-state index is 3.52. The molecule has 0 aromatic heterocycles. The van der Waals surface area contributed by atoms with Crippen LogP contribution in [0, 0.1) is 34.8 Å². The minimum atomic E-state index is -1.30. The van der Waals surface area contributed by atoms with E-state index < -0.39 is 16.1 Å². The Kier molecular flexibility index (Phi) is 3.69. The van der Waals surface area contributed by atoms with Gasteiger partial charge in [0, 0.05) is 23.0 Å². The summed E-state index contributed by atoms with van der Waals surface area (Å²) in [6.07, 6.45) is 5.88. The largest absolute Gasteiger partial charge is 0.129 e. The van der Waals surface area contributed by atoms with Gasteiger partial charge < -0.3 is 0 Å². The first kappa shape index (κ1) is 14.4. The highest BCUT2D eigenvalue weighted by Gasteiger charge is 2.33. The molecule has 0 amide bonds. The van der Waals surface area contributed by atoms with Crippen LogP contribution in [0.2, 0.25) is 39.3 Å². The van der Waals surface area contributed by atoms with Gasteiger partial charge in [0.25, 0.3) is 0 Å². The first-order valence-corrected chi connectivity index (χ1v) is 14.1. The number of fused-ring (bicyclic) bond motifs is 2. The van der Waals surface area contributed by atoms with Crippen LogP contribution in [0.3, 0.4) is 0 Å². The molecule has 2 bridgehead atoms. The Morgan fingerprint density at radius 1 is 0.789 bits per heavy atom. The molecular weight excluding hydrogens is 260 g/mol. The van der Waals surface area contributed by atoms with Gasteiger partial charge in [0.05, 0.1) is 0 Å². The van der Waals surface area contributed by atoms with Crippen molar-refractivity contribution < 1.29 is 0 Å². The van der Waals surface area contributed by atoms with Crippen LogP contribution in [0.4, 0.5) is 0 Å². The van der Waals surface area contributed by atoms with Crippen molar-refractivity contribution in [2.24, 2.45) is 11.8 Å². The maximum Gasteiger partial charge on any atom is 0.129 e. The fraction of sp³-hybridized carbons (Fsp3) is 0.529. The lowest BCUT2D eigenvalue weighted by Gasteiger charge is -2.10. The lowest BCUT2D eigenvalue weighted by Crippen LogP contribution is -2.17. The summed E-state index contributed by atoms with van der Waals surface area (Å²) in [5.41, 5.74) is 9.70. The molecule has 0 aliphatic heterocycles. The van der Waals surface area contributed by atoms with Crippen LogP contribution in [0.15, 0.2) is 23.3 Å². The van der Waals surface area contributed by atoms with E-state index in [9.17, 15) is 0 Å². The molecule has 2 atom stereocenters. The molecule has 0 aromatic carbocycles. The lowest BCUT2D eigenvalue weighted by atomic mass is 9.98. The highest BCUT2D eigenvalue weighted by Crippen LogP contribution is 2.43. The molecule has 2 rings (SSSR count). The van der Waals surface area contributed by atoms with Gasteiger partial charge in [0.1, 0.15) is 16.1 Å². The van der Waals surface area contributed by atoms with E-state index >= 15 is 0 Å². The molecule has 19 heavy (non-hydrogen) atoms. The smallest absolute Gasteiger partial charge is 0.127 e. The summed E-state index contributed by atoms with van der Waals surface area (Å²) in [7, 11) is -2.60. The zero-order chi connectivity index (χ0) is 14.3. The van der Waals surface area contributed by atoms with E-state index in [-0.39, 0.29) is 0 Å². The molecule has 0 nitrogen and oxygen atoms in total. The van der Waals surface area contributed by atoms with Crippen molar-refractivity contribution in [2.45, 2.75) is 45.7 Å². The van der Waals surface area contributed by atoms with Crippen LogP contribution in [-0.4, -0.2) is 16.1 Å². The van der Waals surface area contributed by atoms with E-state index in [1.54, 1.807) is 0 Å². The fourth-order valence-electron chi connectivity index (χ4n) is 2.36. The van der Waals surface area contributed by atoms with E-state index in [1.165, 1.54) is 17.6 Å². The Morgan fingerprint density at radius 3 is 1.47 bits per heavy atom. The molecule has 0 N–H and O–H groups in total. The predicted molar refractivity (Wildman–Crippen MR) is 90.0 cm³/mol. The number of allylic oxidation sites excluding steroid dienone is 4. The third-order valence-electron chi connectivity index (χ3n) is 3.26. The maximum absolute atomic E-state index is 3.52. The van der Waals surface area contributed by atoms with Gasteiger partial charge >= 0.3 is 0 Å². The Labute approximate surface area is 120 Å². The molecule has 0 fully saturated rings. The SMILES string of the molecule is C[Si](C)(C)C#CC1=C(C#C[Si](C)(C)C)C2C=CC1C2. The van der Waals surface area contributed by atoms with Gasteiger partial charge in [-0.2, -0.15) is 0 Å². The summed E-state index contributed by atoms with van der Waals surface area (Å²) in [6.45, 7) is 13.8. The second-order valence-electron chi connectivity index (χ2n) is 7.66. The van der Waals surface area contributed by atoms with Crippen molar-refractivity contribution >= 4 is 16.1 Å². The monoisotopic (exact) mass is 284 g/mol. The number of hydrogen-bond donors (Lipinski definition) is 0. The molecule has 0 saturated heterocycles. The average Bonchev–Trinajstić information content (AvgIpc) is 2.81. The van der Waals surface area contributed by atoms with E-state index in [0.717, 1.165) is 0 Å². The van der Waals surface area contributed by atoms with Crippen molar-refractivity contribution in [3.05, 3.63) is 23.3 Å². The van der Waals surface area contributed by atoms with Crippen molar-refractivity contribution in [3.8, 4) is 22.9 Å². The molecule has 2 heteroatoms. The standard InChI is InChI=1S/C17H24Si2/c1-18(2,3)11-9-16-14-7-8-15(13-14)17(16)10-12-19(4,5)6/h7-8,14-15H,13H2,1-6H3. The van der Waals surface area contributed by atoms with Crippen LogP contribution >= 0.6 is 0 Å². The Hall–Kier alpha value is -0.966. The predicted octanol–water partition coefficient (Wildman–Crippen LogP) is 4.25. The summed E-state index contributed by atoms with van der Waals surface area (Å²) < 4.78 is 0. The number of rotatable bonds is 0. The average molecular weight is 285 g/mol. The molecule has 0 heterocycles. The first-order chi connectivity index (χ1) is 8.66. The van der Waals surface area contributed by atoms with Crippen LogP contribution < -0.4 is 0 Å². The van der Waals surface area contributed by atoms with Gasteiger partial charge in [0.15, 0.2) is 0 Å². The molecular formula is C17H24Si2. The van der Waals surface area contributed by atoms with Crippen LogP contribution in [-0.2, 0) is 0 Å². The van der Waals surface area contributed by atoms with Crippen LogP contribution in [0.5, 0.6) is 0 Å². The summed E-state index contributed by atoms with van der Waals surface area (Å²) in [5.74, 6) is 8.10. The Bertz CT molecular complexity index is 507. The zero-order valence-electron chi connectivity index (χ0n) is 13.0. The van der Waals surface area contributed by atoms with Crippen LogP contribution in [0.1, 0.15) is 6.42 Å². The lowest BCUT2D eigenvalue weighted by molar-refractivity contribution is 0.716. The zero-order valence-corrected chi connectivity index (χ0v) is 15.0. The van der Waals surface area contributed by atoms with Crippen molar-refractivity contribution in [3.63, 3.8) is 0 Å². The topological polar surface area (TPSA) is 0 Å². The van der Waals surface area contributed by atoms with Gasteiger partial charge in [-0.3, -0.25) is 0 Å². The Balaban J connectivity index is 2.36. The minimum absolute atomic E-state index is 0.555. The summed E-state index contributed by atoms with van der Waals surface area (Å²) >= 11 is 0. The van der Waals surface area contributed by atoms with Gasteiger partial charge in [-0.25, -0.2) is 0 Å². The molecule has 100 valence electrons. The van der Waals surface area contributed by atoms with Crippen LogP contribution in [0.25, 0.3) is 0 Å². The molecule has 0 radical (unpaired) electrons. The normalized spacial score (nSPS) is 24.9. The van der Waals surface area contributed by atoms with Gasteiger partial charge in [-0.1, -0.05) is 63.3 Å². The van der Waals surface area contributed by atoms with E-state index in [4.69, 9.17) is 0 Å². The second kappa shape index (κ2) is 4.85. The summed E-state index contributed by atoms with van der Waals surface area (Å²) in [5, 5.41) is 0. The minimum Gasteiger partial charge on any atom is -0.127 e. The summed E-state index contributed by atoms with van der Waals surface area (Å²) in [4.78, 5) is 0.